The van der Waals surface area contributed by atoms with Crippen molar-refractivity contribution in [1.29, 1.82) is 0 Å². The summed E-state index contributed by atoms with van der Waals surface area (Å²) in [6.07, 6.45) is 0.159. The van der Waals surface area contributed by atoms with E-state index in [9.17, 15) is 9.59 Å². The Morgan fingerprint density at radius 1 is 1.00 bits per heavy atom. The van der Waals surface area contributed by atoms with Crippen molar-refractivity contribution in [2.75, 3.05) is 19.7 Å². The van der Waals surface area contributed by atoms with Crippen molar-refractivity contribution in [3.05, 3.63) is 106 Å². The van der Waals surface area contributed by atoms with Gasteiger partial charge < -0.3 is 15.0 Å². The van der Waals surface area contributed by atoms with Crippen LogP contribution in [0.15, 0.2) is 78.9 Å². The van der Waals surface area contributed by atoms with Gasteiger partial charge >= 0.3 is 0 Å². The second kappa shape index (κ2) is 10.8. The van der Waals surface area contributed by atoms with Crippen LogP contribution in [0.5, 0.6) is 0 Å². The van der Waals surface area contributed by atoms with Crippen LogP contribution in [0.25, 0.3) is 0 Å². The Bertz CT molecular complexity index is 1110. The average molecular weight is 483 g/mol. The summed E-state index contributed by atoms with van der Waals surface area (Å²) in [5.41, 5.74) is 2.24. The molecule has 170 valence electrons. The van der Waals surface area contributed by atoms with Crippen LogP contribution >= 0.6 is 23.2 Å². The molecule has 2 atom stereocenters. The Morgan fingerprint density at radius 2 is 1.70 bits per heavy atom. The summed E-state index contributed by atoms with van der Waals surface area (Å²) < 4.78 is 5.91. The third-order valence-electron chi connectivity index (χ3n) is 5.61. The molecule has 1 N–H and O–H groups in total. The first-order valence-electron chi connectivity index (χ1n) is 10.8. The number of hydrogen-bond donors (Lipinski definition) is 1. The van der Waals surface area contributed by atoms with Gasteiger partial charge in [0.15, 0.2) is 0 Å². The molecule has 1 saturated heterocycles. The first kappa shape index (κ1) is 23.3. The van der Waals surface area contributed by atoms with E-state index in [0.29, 0.717) is 31.1 Å². The molecule has 0 bridgehead atoms. The Labute approximate surface area is 203 Å². The molecule has 3 aromatic rings. The fourth-order valence-electron chi connectivity index (χ4n) is 3.90. The van der Waals surface area contributed by atoms with Crippen molar-refractivity contribution >= 4 is 35.0 Å². The van der Waals surface area contributed by atoms with Crippen molar-refractivity contribution in [2.45, 2.75) is 18.6 Å². The van der Waals surface area contributed by atoms with Gasteiger partial charge in [0.2, 0.25) is 5.91 Å². The Hall–Kier alpha value is -2.86. The normalized spacial score (nSPS) is 16.8. The summed E-state index contributed by atoms with van der Waals surface area (Å²) in [5, 5.41) is 3.57. The van der Waals surface area contributed by atoms with Crippen LogP contribution in [0.2, 0.25) is 10.0 Å². The number of ether oxygens (including phenoxy) is 1. The molecule has 1 aliphatic heterocycles. The molecule has 3 aromatic carbocycles. The molecule has 2 amide bonds. The molecule has 0 radical (unpaired) electrons. The lowest BCUT2D eigenvalue weighted by Crippen LogP contribution is -2.53. The molecule has 1 fully saturated rings. The third-order valence-corrected chi connectivity index (χ3v) is 6.16. The highest BCUT2D eigenvalue weighted by Crippen LogP contribution is 2.24. The SMILES string of the molecule is O=C(NC(Cc1ccccc1)C(=O)N1CCOC(c2ccccc2)C1)c1ccc(Cl)cc1Cl. The number of nitrogens with one attached hydrogen (secondary N) is 1. The maximum Gasteiger partial charge on any atom is 0.253 e. The largest absolute Gasteiger partial charge is 0.370 e. The van der Waals surface area contributed by atoms with E-state index in [0.717, 1.165) is 11.1 Å². The summed E-state index contributed by atoms with van der Waals surface area (Å²) in [7, 11) is 0. The first-order chi connectivity index (χ1) is 16.0. The average Bonchev–Trinajstić information content (AvgIpc) is 2.84. The second-order valence-electron chi connectivity index (χ2n) is 7.89. The number of benzene rings is 3. The van der Waals surface area contributed by atoms with Gasteiger partial charge in [-0.15, -0.1) is 0 Å². The van der Waals surface area contributed by atoms with Crippen molar-refractivity contribution in [3.63, 3.8) is 0 Å². The van der Waals surface area contributed by atoms with Crippen molar-refractivity contribution < 1.29 is 14.3 Å². The van der Waals surface area contributed by atoms with E-state index >= 15 is 0 Å². The van der Waals surface area contributed by atoms with E-state index in [1.165, 1.54) is 6.07 Å². The molecule has 0 aromatic heterocycles. The zero-order valence-corrected chi connectivity index (χ0v) is 19.4. The van der Waals surface area contributed by atoms with E-state index < -0.39 is 11.9 Å². The highest BCUT2D eigenvalue weighted by Gasteiger charge is 2.31. The highest BCUT2D eigenvalue weighted by atomic mass is 35.5. The molecule has 4 rings (SSSR count). The van der Waals surface area contributed by atoms with Gasteiger partial charge in [0, 0.05) is 18.0 Å². The number of rotatable bonds is 6. The molecule has 2 unspecified atom stereocenters. The van der Waals surface area contributed by atoms with E-state index in [4.69, 9.17) is 27.9 Å². The summed E-state index contributed by atoms with van der Waals surface area (Å²) in [4.78, 5) is 28.4. The predicted molar refractivity (Wildman–Crippen MR) is 130 cm³/mol. The van der Waals surface area contributed by atoms with Crippen molar-refractivity contribution in [2.24, 2.45) is 0 Å². The van der Waals surface area contributed by atoms with E-state index in [1.54, 1.807) is 17.0 Å². The van der Waals surface area contributed by atoms with E-state index in [-0.39, 0.29) is 22.6 Å². The minimum atomic E-state index is -0.749. The van der Waals surface area contributed by atoms with Gasteiger partial charge in [-0.1, -0.05) is 83.9 Å². The molecule has 33 heavy (non-hydrogen) atoms. The maximum atomic E-state index is 13.6. The quantitative estimate of drug-likeness (QED) is 0.541. The molecule has 7 heteroatoms. The molecular formula is C26H24Cl2N2O3. The number of carbonyl (C=O) groups is 2. The lowest BCUT2D eigenvalue weighted by Gasteiger charge is -2.35. The standard InChI is InChI=1S/C26H24Cl2N2O3/c27-20-11-12-21(22(28)16-20)25(31)29-23(15-18-7-3-1-4-8-18)26(32)30-13-14-33-24(17-30)19-9-5-2-6-10-19/h1-12,16,23-24H,13-15,17H2,(H,29,31). The lowest BCUT2D eigenvalue weighted by atomic mass is 10.0. The van der Waals surface area contributed by atoms with Gasteiger partial charge in [-0.3, -0.25) is 9.59 Å². The van der Waals surface area contributed by atoms with Gasteiger partial charge in [0.25, 0.3) is 5.91 Å². The van der Waals surface area contributed by atoms with Crippen LogP contribution in [0.3, 0.4) is 0 Å². The zero-order valence-electron chi connectivity index (χ0n) is 17.9. The van der Waals surface area contributed by atoms with E-state index in [2.05, 4.69) is 5.32 Å². The molecule has 0 aliphatic carbocycles. The molecule has 1 aliphatic rings. The maximum absolute atomic E-state index is 13.6. The number of nitrogens with zero attached hydrogens (tertiary/aromatic N) is 1. The smallest absolute Gasteiger partial charge is 0.253 e. The van der Waals surface area contributed by atoms with Crippen LogP contribution in [-0.2, 0) is 16.0 Å². The first-order valence-corrected chi connectivity index (χ1v) is 11.5. The molecular weight excluding hydrogens is 459 g/mol. The third kappa shape index (κ3) is 5.93. The van der Waals surface area contributed by atoms with Crippen LogP contribution < -0.4 is 5.32 Å². The Balaban J connectivity index is 1.54. The summed E-state index contributed by atoms with van der Waals surface area (Å²) in [6, 6.07) is 23.4. The minimum absolute atomic E-state index is 0.151. The highest BCUT2D eigenvalue weighted by molar-refractivity contribution is 6.36. The monoisotopic (exact) mass is 482 g/mol. The van der Waals surface area contributed by atoms with Crippen molar-refractivity contribution in [1.82, 2.24) is 10.2 Å². The van der Waals surface area contributed by atoms with Gasteiger partial charge in [-0.2, -0.15) is 0 Å². The van der Waals surface area contributed by atoms with Crippen LogP contribution in [-0.4, -0.2) is 42.5 Å². The number of morpholine rings is 1. The molecule has 0 spiro atoms. The zero-order chi connectivity index (χ0) is 23.2. The summed E-state index contributed by atoms with van der Waals surface area (Å²) in [6.45, 7) is 1.32. The van der Waals surface area contributed by atoms with Gasteiger partial charge in [0.05, 0.1) is 23.7 Å². The number of hydrogen-bond acceptors (Lipinski definition) is 3. The fourth-order valence-corrected chi connectivity index (χ4v) is 4.39. The second-order valence-corrected chi connectivity index (χ2v) is 8.74. The molecule has 5 nitrogen and oxygen atoms in total. The number of amides is 2. The van der Waals surface area contributed by atoms with Crippen LogP contribution in [0, 0.1) is 0 Å². The number of carbonyl (C=O) groups excluding carboxylic acids is 2. The van der Waals surface area contributed by atoms with Gasteiger partial charge in [-0.25, -0.2) is 0 Å². The van der Waals surface area contributed by atoms with Crippen LogP contribution in [0.4, 0.5) is 0 Å². The molecule has 0 saturated carbocycles. The Kier molecular flexibility index (Phi) is 7.65. The van der Waals surface area contributed by atoms with Gasteiger partial charge in [-0.05, 0) is 29.3 Å². The summed E-state index contributed by atoms with van der Waals surface area (Å²) in [5.74, 6) is -0.569. The fraction of sp³-hybridized carbons (Fsp3) is 0.231. The lowest BCUT2D eigenvalue weighted by molar-refractivity contribution is -0.141. The Morgan fingerprint density at radius 3 is 2.39 bits per heavy atom. The minimum Gasteiger partial charge on any atom is -0.370 e. The topological polar surface area (TPSA) is 58.6 Å². The van der Waals surface area contributed by atoms with Gasteiger partial charge in [0.1, 0.15) is 12.1 Å². The van der Waals surface area contributed by atoms with E-state index in [1.807, 2.05) is 60.7 Å². The predicted octanol–water partition coefficient (Wildman–Crippen LogP) is 4.93. The molecule has 1 heterocycles. The number of halogens is 2. The van der Waals surface area contributed by atoms with Crippen LogP contribution in [0.1, 0.15) is 27.6 Å². The summed E-state index contributed by atoms with van der Waals surface area (Å²) >= 11 is 12.2. The van der Waals surface area contributed by atoms with Crippen molar-refractivity contribution in [3.8, 4) is 0 Å².